The van der Waals surface area contributed by atoms with Gasteiger partial charge in [-0.05, 0) is 56.3 Å². The van der Waals surface area contributed by atoms with Crippen LogP contribution in [-0.2, 0) is 0 Å². The Bertz CT molecular complexity index is 2400. The highest BCUT2D eigenvalue weighted by molar-refractivity contribution is 7.28. The first-order valence-corrected chi connectivity index (χ1v) is 13.8. The summed E-state index contributed by atoms with van der Waals surface area (Å²) in [6.07, 6.45) is 0. The van der Waals surface area contributed by atoms with Crippen LogP contribution in [0.5, 0.6) is 0 Å². The van der Waals surface area contributed by atoms with Crippen LogP contribution < -0.4 is 0 Å². The van der Waals surface area contributed by atoms with Gasteiger partial charge >= 0.3 is 0 Å². The summed E-state index contributed by atoms with van der Waals surface area (Å²) in [7, 11) is 0. The van der Waals surface area contributed by atoms with Crippen molar-refractivity contribution in [1.29, 1.82) is 0 Å². The molecule has 0 saturated carbocycles. The summed E-state index contributed by atoms with van der Waals surface area (Å²) in [5, 5.41) is 13.2. The fourth-order valence-corrected chi connectivity index (χ4v) is 7.92. The number of hydrogen-bond acceptors (Lipinski definition) is 1. The zero-order valence-electron chi connectivity index (χ0n) is 20.5. The van der Waals surface area contributed by atoms with Crippen LogP contribution in [0.15, 0.2) is 121 Å². The molecule has 9 aromatic rings. The van der Waals surface area contributed by atoms with Crippen molar-refractivity contribution in [2.24, 2.45) is 0 Å². The Morgan fingerprint density at radius 3 is 1.92 bits per heavy atom. The monoisotopic (exact) mass is 499 g/mol. The topological polar surface area (TPSA) is 15.8 Å². The second-order valence-corrected chi connectivity index (χ2v) is 11.2. The minimum absolute atomic E-state index is 1.19. The number of benzene rings is 7. The van der Waals surface area contributed by atoms with Gasteiger partial charge in [0.25, 0.3) is 0 Å². The Hall–Kier alpha value is -4.66. The summed E-state index contributed by atoms with van der Waals surface area (Å²) in [5.41, 5.74) is 4.93. The van der Waals surface area contributed by atoms with E-state index in [-0.39, 0.29) is 0 Å². The number of hydrogen-bond donors (Lipinski definition) is 1. The number of rotatable bonds is 1. The number of aromatic nitrogens is 1. The number of aromatic amines is 1. The molecule has 0 spiro atoms. The average Bonchev–Trinajstić information content (AvgIpc) is 3.56. The van der Waals surface area contributed by atoms with Gasteiger partial charge in [0, 0.05) is 47.4 Å². The minimum Gasteiger partial charge on any atom is -0.354 e. The van der Waals surface area contributed by atoms with Gasteiger partial charge in [0.2, 0.25) is 0 Å². The van der Waals surface area contributed by atoms with Crippen LogP contribution in [0.25, 0.3) is 85.4 Å². The Balaban J connectivity index is 1.58. The molecule has 9 rings (SSSR count). The predicted molar refractivity (Wildman–Crippen MR) is 167 cm³/mol. The molecule has 2 heterocycles. The van der Waals surface area contributed by atoms with Crippen LogP contribution in [-0.4, -0.2) is 4.98 Å². The fourth-order valence-electron chi connectivity index (χ4n) is 6.48. The summed E-state index contributed by atoms with van der Waals surface area (Å²) >= 11 is 1.95. The summed E-state index contributed by atoms with van der Waals surface area (Å²) in [6, 6.07) is 44.5. The quantitative estimate of drug-likeness (QED) is 0.216. The Labute approximate surface area is 222 Å². The zero-order chi connectivity index (χ0) is 24.8. The lowest BCUT2D eigenvalue weighted by atomic mass is 9.92. The van der Waals surface area contributed by atoms with Crippen molar-refractivity contribution < 1.29 is 0 Å². The second-order valence-electron chi connectivity index (χ2n) is 10.2. The van der Waals surface area contributed by atoms with Crippen molar-refractivity contribution >= 4 is 85.6 Å². The third-order valence-corrected chi connectivity index (χ3v) is 9.39. The Morgan fingerprint density at radius 2 is 1.08 bits per heavy atom. The van der Waals surface area contributed by atoms with E-state index >= 15 is 0 Å². The summed E-state index contributed by atoms with van der Waals surface area (Å²) in [4.78, 5) is 3.74. The number of H-pyrrole nitrogens is 1. The van der Waals surface area contributed by atoms with Gasteiger partial charge in [-0.1, -0.05) is 103 Å². The molecule has 0 radical (unpaired) electrons. The van der Waals surface area contributed by atoms with Crippen LogP contribution in [0.4, 0.5) is 0 Å². The largest absolute Gasteiger partial charge is 0.354 e. The number of fused-ring (bicyclic) bond motifs is 13. The molecule has 0 bridgehead atoms. The fraction of sp³-hybridized carbons (Fsp3) is 0. The molecule has 38 heavy (non-hydrogen) atoms. The summed E-state index contributed by atoms with van der Waals surface area (Å²) in [5.74, 6) is 0. The van der Waals surface area contributed by atoms with Gasteiger partial charge in [-0.3, -0.25) is 0 Å². The van der Waals surface area contributed by atoms with E-state index in [1.165, 1.54) is 85.4 Å². The van der Waals surface area contributed by atoms with E-state index in [1.54, 1.807) is 0 Å². The standard InChI is InChI=1S/C36H21NS/c1-2-10-22-19-23(18-17-21(22)9-1)29-20-31-32(28-15-7-8-16-30(28)37-31)36-34(29)33-26-13-5-3-11-24(26)25-12-4-6-14-27(25)35(33)38-36/h1-20,37H. The Kier molecular flexibility index (Phi) is 3.99. The van der Waals surface area contributed by atoms with Gasteiger partial charge in [0.15, 0.2) is 0 Å². The van der Waals surface area contributed by atoms with E-state index in [0.29, 0.717) is 0 Å². The van der Waals surface area contributed by atoms with Crippen molar-refractivity contribution in [1.82, 2.24) is 4.98 Å². The van der Waals surface area contributed by atoms with Crippen molar-refractivity contribution in [2.45, 2.75) is 0 Å². The minimum atomic E-state index is 1.19. The highest BCUT2D eigenvalue weighted by Gasteiger charge is 2.21. The maximum Gasteiger partial charge on any atom is 0.0485 e. The molecular weight excluding hydrogens is 478 g/mol. The third-order valence-electron chi connectivity index (χ3n) is 8.15. The first-order valence-electron chi connectivity index (χ1n) is 13.0. The molecule has 1 N–H and O–H groups in total. The maximum absolute atomic E-state index is 3.74. The first-order chi connectivity index (χ1) is 18.8. The normalized spacial score (nSPS) is 12.2. The van der Waals surface area contributed by atoms with Gasteiger partial charge in [-0.15, -0.1) is 11.3 Å². The van der Waals surface area contributed by atoms with Crippen molar-refractivity contribution in [3.05, 3.63) is 121 Å². The van der Waals surface area contributed by atoms with Gasteiger partial charge in [-0.2, -0.15) is 0 Å². The number of para-hydroxylation sites is 1. The second kappa shape index (κ2) is 7.44. The van der Waals surface area contributed by atoms with Gasteiger partial charge < -0.3 is 4.98 Å². The molecule has 0 fully saturated rings. The SMILES string of the molecule is c1ccc2cc(-c3cc4[nH]c5ccccc5c4c4sc5c6ccccc6c6ccccc6c5c34)ccc2c1. The van der Waals surface area contributed by atoms with Crippen LogP contribution in [0.3, 0.4) is 0 Å². The van der Waals surface area contributed by atoms with Gasteiger partial charge in [0.05, 0.1) is 0 Å². The number of nitrogens with one attached hydrogen (secondary N) is 1. The third kappa shape index (κ3) is 2.65. The molecule has 7 aromatic carbocycles. The molecule has 1 nitrogen and oxygen atoms in total. The van der Waals surface area contributed by atoms with Crippen molar-refractivity contribution in [3.8, 4) is 11.1 Å². The molecule has 2 aromatic heterocycles. The lowest BCUT2D eigenvalue weighted by Crippen LogP contribution is -1.84. The molecular formula is C36H21NS. The molecule has 0 aliphatic carbocycles. The van der Waals surface area contributed by atoms with E-state index in [1.807, 2.05) is 11.3 Å². The predicted octanol–water partition coefficient (Wildman–Crippen LogP) is 10.8. The lowest BCUT2D eigenvalue weighted by molar-refractivity contribution is 1.55. The van der Waals surface area contributed by atoms with Gasteiger partial charge in [-0.25, -0.2) is 0 Å². The summed E-state index contributed by atoms with van der Waals surface area (Å²) in [6.45, 7) is 0. The molecule has 0 aliphatic rings. The maximum atomic E-state index is 3.74. The van der Waals surface area contributed by atoms with E-state index < -0.39 is 0 Å². The van der Waals surface area contributed by atoms with E-state index in [4.69, 9.17) is 0 Å². The van der Waals surface area contributed by atoms with E-state index in [2.05, 4.69) is 126 Å². The van der Waals surface area contributed by atoms with Crippen LogP contribution in [0, 0.1) is 0 Å². The molecule has 0 amide bonds. The average molecular weight is 500 g/mol. The highest BCUT2D eigenvalue weighted by Crippen LogP contribution is 2.50. The smallest absolute Gasteiger partial charge is 0.0485 e. The molecule has 176 valence electrons. The van der Waals surface area contributed by atoms with Crippen LogP contribution in [0.1, 0.15) is 0 Å². The molecule has 0 unspecified atom stereocenters. The Morgan fingerprint density at radius 1 is 0.421 bits per heavy atom. The van der Waals surface area contributed by atoms with E-state index in [9.17, 15) is 0 Å². The van der Waals surface area contributed by atoms with E-state index in [0.717, 1.165) is 0 Å². The van der Waals surface area contributed by atoms with Crippen molar-refractivity contribution in [2.75, 3.05) is 0 Å². The highest BCUT2D eigenvalue weighted by atomic mass is 32.1. The van der Waals surface area contributed by atoms with Crippen molar-refractivity contribution in [3.63, 3.8) is 0 Å². The van der Waals surface area contributed by atoms with Crippen LogP contribution in [0.2, 0.25) is 0 Å². The summed E-state index contributed by atoms with van der Waals surface area (Å²) < 4.78 is 2.73. The molecule has 2 heteroatoms. The lowest BCUT2D eigenvalue weighted by Gasteiger charge is -2.11. The number of thiophene rings is 1. The molecule has 0 atom stereocenters. The first kappa shape index (κ1) is 20.4. The molecule has 0 saturated heterocycles. The zero-order valence-corrected chi connectivity index (χ0v) is 21.3. The van der Waals surface area contributed by atoms with Gasteiger partial charge in [0.1, 0.15) is 0 Å². The molecule has 0 aliphatic heterocycles. The van der Waals surface area contributed by atoms with Crippen LogP contribution >= 0.6 is 11.3 Å².